The van der Waals surface area contributed by atoms with Gasteiger partial charge in [0.15, 0.2) is 17.1 Å². The molecule has 172 valence electrons. The van der Waals surface area contributed by atoms with Crippen molar-refractivity contribution in [1.82, 2.24) is 14.8 Å². The largest absolute Gasteiger partial charge is 0.497 e. The zero-order valence-electron chi connectivity index (χ0n) is 19.3. The van der Waals surface area contributed by atoms with Crippen molar-refractivity contribution in [1.29, 1.82) is 0 Å². The van der Waals surface area contributed by atoms with Crippen LogP contribution in [0.4, 0.5) is 0 Å². The normalized spacial score (nSPS) is 11.9. The second-order valence-corrected chi connectivity index (χ2v) is 8.72. The Labute approximate surface area is 194 Å². The van der Waals surface area contributed by atoms with Gasteiger partial charge in [0.05, 0.1) is 20.8 Å². The Morgan fingerprint density at radius 2 is 1.56 bits per heavy atom. The number of hydrogen-bond donors (Lipinski definition) is 0. The third-order valence-corrected chi connectivity index (χ3v) is 5.58. The van der Waals surface area contributed by atoms with Gasteiger partial charge in [-0.15, -0.1) is 10.2 Å². The van der Waals surface area contributed by atoms with E-state index in [9.17, 15) is 0 Å². The van der Waals surface area contributed by atoms with E-state index in [1.54, 1.807) is 26.0 Å². The Morgan fingerprint density at radius 3 is 2.25 bits per heavy atom. The maximum atomic E-state index is 6.13. The fourth-order valence-electron chi connectivity index (χ4n) is 3.14. The minimum absolute atomic E-state index is 0.252. The number of benzene rings is 2. The molecule has 1 atom stereocenters. The zero-order chi connectivity index (χ0) is 22.9. The van der Waals surface area contributed by atoms with Gasteiger partial charge in [0, 0.05) is 18.4 Å². The highest BCUT2D eigenvalue weighted by Gasteiger charge is 2.20. The molecular weight excluding hydrogens is 426 g/mol. The summed E-state index contributed by atoms with van der Waals surface area (Å²) in [6.07, 6.45) is -0.252. The summed E-state index contributed by atoms with van der Waals surface area (Å²) < 4.78 is 24.6. The van der Waals surface area contributed by atoms with Crippen LogP contribution in [0.3, 0.4) is 0 Å². The molecule has 1 aromatic heterocycles. The van der Waals surface area contributed by atoms with Gasteiger partial charge < -0.3 is 23.5 Å². The Bertz CT molecular complexity index is 976. The van der Waals surface area contributed by atoms with Gasteiger partial charge in [-0.2, -0.15) is 0 Å². The quantitative estimate of drug-likeness (QED) is 0.271. The average molecular weight is 458 g/mol. The van der Waals surface area contributed by atoms with Crippen LogP contribution in [0.1, 0.15) is 32.7 Å². The molecule has 0 saturated heterocycles. The van der Waals surface area contributed by atoms with Crippen molar-refractivity contribution in [3.8, 4) is 23.0 Å². The SMILES string of the molecule is COc1ccc(OCCSc2nnc(C(C)Oc3cccc(OC)c3)n2CC(C)C)cc1. The van der Waals surface area contributed by atoms with Crippen LogP contribution in [0, 0.1) is 5.92 Å². The van der Waals surface area contributed by atoms with E-state index in [0.717, 1.165) is 46.3 Å². The lowest BCUT2D eigenvalue weighted by atomic mass is 10.2. The zero-order valence-corrected chi connectivity index (χ0v) is 20.1. The second kappa shape index (κ2) is 11.7. The van der Waals surface area contributed by atoms with Crippen LogP contribution in [-0.2, 0) is 6.54 Å². The molecule has 2 aromatic carbocycles. The van der Waals surface area contributed by atoms with E-state index >= 15 is 0 Å². The van der Waals surface area contributed by atoms with E-state index in [1.165, 1.54) is 0 Å². The third kappa shape index (κ3) is 6.56. The van der Waals surface area contributed by atoms with Crippen LogP contribution in [0.25, 0.3) is 0 Å². The lowest BCUT2D eigenvalue weighted by Crippen LogP contribution is -2.15. The number of hydrogen-bond acceptors (Lipinski definition) is 7. The number of rotatable bonds is 12. The van der Waals surface area contributed by atoms with E-state index in [-0.39, 0.29) is 6.10 Å². The van der Waals surface area contributed by atoms with E-state index < -0.39 is 0 Å². The van der Waals surface area contributed by atoms with Crippen molar-refractivity contribution in [2.24, 2.45) is 5.92 Å². The minimum Gasteiger partial charge on any atom is -0.497 e. The first kappa shape index (κ1) is 23.8. The predicted octanol–water partition coefficient (Wildman–Crippen LogP) is 5.26. The Balaban J connectivity index is 1.63. The monoisotopic (exact) mass is 457 g/mol. The molecule has 0 N–H and O–H groups in total. The van der Waals surface area contributed by atoms with E-state index in [1.807, 2.05) is 55.5 Å². The molecule has 32 heavy (non-hydrogen) atoms. The fourth-order valence-corrected chi connectivity index (χ4v) is 3.91. The maximum absolute atomic E-state index is 6.13. The molecule has 0 aliphatic rings. The molecule has 0 bridgehead atoms. The van der Waals surface area contributed by atoms with E-state index in [0.29, 0.717) is 12.5 Å². The second-order valence-electron chi connectivity index (χ2n) is 7.66. The average Bonchev–Trinajstić information content (AvgIpc) is 3.19. The third-order valence-electron chi connectivity index (χ3n) is 4.65. The summed E-state index contributed by atoms with van der Waals surface area (Å²) in [4.78, 5) is 0. The van der Waals surface area contributed by atoms with Gasteiger partial charge in [-0.05, 0) is 49.2 Å². The first-order valence-electron chi connectivity index (χ1n) is 10.6. The molecule has 0 amide bonds. The maximum Gasteiger partial charge on any atom is 0.191 e. The smallest absolute Gasteiger partial charge is 0.191 e. The molecule has 0 radical (unpaired) electrons. The first-order chi connectivity index (χ1) is 15.5. The first-order valence-corrected chi connectivity index (χ1v) is 11.6. The number of thioether (sulfide) groups is 1. The Morgan fingerprint density at radius 1 is 0.875 bits per heavy atom. The van der Waals surface area contributed by atoms with Gasteiger partial charge in [0.2, 0.25) is 0 Å². The molecule has 1 heterocycles. The lowest BCUT2D eigenvalue weighted by Gasteiger charge is -2.18. The highest BCUT2D eigenvalue weighted by Crippen LogP contribution is 2.27. The van der Waals surface area contributed by atoms with E-state index in [4.69, 9.17) is 18.9 Å². The Kier molecular flexibility index (Phi) is 8.67. The standard InChI is InChI=1S/C24H31N3O4S/c1-17(2)16-27-23(18(3)31-22-8-6-7-21(15-22)29-5)25-26-24(27)32-14-13-30-20-11-9-19(28-4)10-12-20/h6-12,15,17-18H,13-14,16H2,1-5H3. The number of methoxy groups -OCH3 is 2. The minimum atomic E-state index is -0.252. The number of aromatic nitrogens is 3. The summed E-state index contributed by atoms with van der Waals surface area (Å²) in [6, 6.07) is 15.2. The summed E-state index contributed by atoms with van der Waals surface area (Å²) in [5, 5.41) is 9.75. The molecule has 0 aliphatic carbocycles. The molecule has 0 spiro atoms. The molecular formula is C24H31N3O4S. The van der Waals surface area contributed by atoms with Crippen LogP contribution >= 0.6 is 11.8 Å². The predicted molar refractivity (Wildman–Crippen MR) is 126 cm³/mol. The van der Waals surface area contributed by atoms with Crippen LogP contribution in [0.15, 0.2) is 53.7 Å². The summed E-state index contributed by atoms with van der Waals surface area (Å²) in [5.74, 6) is 5.13. The summed E-state index contributed by atoms with van der Waals surface area (Å²) in [5.41, 5.74) is 0. The van der Waals surface area contributed by atoms with E-state index in [2.05, 4.69) is 28.6 Å². The van der Waals surface area contributed by atoms with Gasteiger partial charge >= 0.3 is 0 Å². The topological polar surface area (TPSA) is 67.6 Å². The fraction of sp³-hybridized carbons (Fsp3) is 0.417. The summed E-state index contributed by atoms with van der Waals surface area (Å²) >= 11 is 1.63. The van der Waals surface area contributed by atoms with Crippen molar-refractivity contribution in [3.05, 3.63) is 54.4 Å². The van der Waals surface area contributed by atoms with Crippen LogP contribution in [-0.4, -0.2) is 41.3 Å². The molecule has 0 fully saturated rings. The molecule has 0 aliphatic heterocycles. The molecule has 1 unspecified atom stereocenters. The van der Waals surface area contributed by atoms with Crippen molar-refractivity contribution < 1.29 is 18.9 Å². The number of ether oxygens (including phenoxy) is 4. The highest BCUT2D eigenvalue weighted by atomic mass is 32.2. The molecule has 7 nitrogen and oxygen atoms in total. The Hall–Kier alpha value is -2.87. The summed E-state index contributed by atoms with van der Waals surface area (Å²) in [6.45, 7) is 7.73. The van der Waals surface area contributed by atoms with Crippen molar-refractivity contribution >= 4 is 11.8 Å². The summed E-state index contributed by atoms with van der Waals surface area (Å²) in [7, 11) is 3.29. The van der Waals surface area contributed by atoms with Gasteiger partial charge in [-0.3, -0.25) is 0 Å². The van der Waals surface area contributed by atoms with Crippen molar-refractivity contribution in [3.63, 3.8) is 0 Å². The molecule has 0 saturated carbocycles. The van der Waals surface area contributed by atoms with Gasteiger partial charge in [0.1, 0.15) is 23.0 Å². The van der Waals surface area contributed by atoms with Crippen molar-refractivity contribution in [2.45, 2.75) is 38.6 Å². The lowest BCUT2D eigenvalue weighted by molar-refractivity contribution is 0.206. The van der Waals surface area contributed by atoms with Crippen molar-refractivity contribution in [2.75, 3.05) is 26.6 Å². The number of nitrogens with zero attached hydrogens (tertiary/aromatic N) is 3. The van der Waals surface area contributed by atoms with Crippen LogP contribution in [0.5, 0.6) is 23.0 Å². The van der Waals surface area contributed by atoms with Gasteiger partial charge in [0.25, 0.3) is 0 Å². The van der Waals surface area contributed by atoms with Gasteiger partial charge in [-0.1, -0.05) is 31.7 Å². The van der Waals surface area contributed by atoms with Crippen LogP contribution in [0.2, 0.25) is 0 Å². The molecule has 8 heteroatoms. The molecule has 3 rings (SSSR count). The molecule has 3 aromatic rings. The van der Waals surface area contributed by atoms with Crippen LogP contribution < -0.4 is 18.9 Å². The van der Waals surface area contributed by atoms with Gasteiger partial charge in [-0.25, -0.2) is 0 Å². The highest BCUT2D eigenvalue weighted by molar-refractivity contribution is 7.99.